The highest BCUT2D eigenvalue weighted by molar-refractivity contribution is 6.88. The summed E-state index contributed by atoms with van der Waals surface area (Å²) in [5.41, 5.74) is 0. The van der Waals surface area contributed by atoms with Crippen molar-refractivity contribution in [3.05, 3.63) is 23.4 Å². The Balaban J connectivity index is 2.17. The first-order valence-electron chi connectivity index (χ1n) is 4.61. The Morgan fingerprint density at radius 2 is 2.18 bits per heavy atom. The fourth-order valence-corrected chi connectivity index (χ4v) is 5.20. The van der Waals surface area contributed by atoms with E-state index in [1.54, 1.807) is 5.20 Å². The molecular weight excluding hydrogens is 148 g/mol. The van der Waals surface area contributed by atoms with Crippen molar-refractivity contribution in [2.75, 3.05) is 0 Å². The van der Waals surface area contributed by atoms with Crippen molar-refractivity contribution in [3.8, 4) is 0 Å². The number of hydrogen-bond acceptors (Lipinski definition) is 0. The molecule has 1 aliphatic heterocycles. The van der Waals surface area contributed by atoms with Gasteiger partial charge in [0, 0.05) is 0 Å². The first kappa shape index (κ1) is 7.35. The molecule has 0 nitrogen and oxygen atoms in total. The maximum atomic E-state index is 2.53. The van der Waals surface area contributed by atoms with Crippen molar-refractivity contribution in [1.82, 2.24) is 0 Å². The van der Waals surface area contributed by atoms with Crippen LogP contribution < -0.4 is 0 Å². The van der Waals surface area contributed by atoms with Gasteiger partial charge in [0.1, 0.15) is 0 Å². The molecule has 1 aliphatic carbocycles. The molecule has 0 aromatic carbocycles. The summed E-state index contributed by atoms with van der Waals surface area (Å²) in [7, 11) is -0.831. The first-order chi connectivity index (χ1) is 5.21. The zero-order valence-corrected chi connectivity index (χ0v) is 8.43. The highest BCUT2D eigenvalue weighted by Gasteiger charge is 2.37. The van der Waals surface area contributed by atoms with E-state index in [-0.39, 0.29) is 0 Å². The van der Waals surface area contributed by atoms with Gasteiger partial charge in [-0.1, -0.05) is 55.4 Å². The van der Waals surface area contributed by atoms with Gasteiger partial charge in [-0.05, 0) is 5.92 Å². The summed E-state index contributed by atoms with van der Waals surface area (Å²) in [4.78, 5) is 0. The predicted molar refractivity (Wildman–Crippen MR) is 52.2 cm³/mol. The molecule has 0 N–H and O–H groups in total. The van der Waals surface area contributed by atoms with Gasteiger partial charge >= 0.3 is 0 Å². The van der Waals surface area contributed by atoms with Crippen LogP contribution >= 0.6 is 0 Å². The second-order valence-electron chi connectivity index (χ2n) is 4.25. The van der Waals surface area contributed by atoms with Gasteiger partial charge in [0.15, 0.2) is 0 Å². The predicted octanol–water partition coefficient (Wildman–Crippen LogP) is 3.14. The SMILES string of the molecule is CC1C=CC([Si]2(C)CCC2)=C1. The maximum Gasteiger partial charge on any atom is 0.0832 e. The molecule has 60 valence electrons. The van der Waals surface area contributed by atoms with Crippen LogP contribution in [0.2, 0.25) is 18.6 Å². The highest BCUT2D eigenvalue weighted by Crippen LogP contribution is 2.40. The Bertz CT molecular complexity index is 221. The first-order valence-corrected chi connectivity index (χ1v) is 7.53. The largest absolute Gasteiger partial charge is 0.0832 e. The zero-order chi connectivity index (χ0) is 7.90. The van der Waals surface area contributed by atoms with E-state index in [1.165, 1.54) is 18.5 Å². The highest BCUT2D eigenvalue weighted by atomic mass is 28.3. The van der Waals surface area contributed by atoms with Crippen LogP contribution in [0.15, 0.2) is 23.4 Å². The van der Waals surface area contributed by atoms with E-state index in [0.717, 1.165) is 5.92 Å². The van der Waals surface area contributed by atoms with Crippen molar-refractivity contribution in [2.45, 2.75) is 32.0 Å². The average molecular weight is 164 g/mol. The third kappa shape index (κ3) is 1.12. The van der Waals surface area contributed by atoms with Gasteiger partial charge in [0.05, 0.1) is 8.07 Å². The molecular formula is C10H16Si. The van der Waals surface area contributed by atoms with Gasteiger partial charge in [-0.2, -0.15) is 0 Å². The molecule has 1 saturated heterocycles. The van der Waals surface area contributed by atoms with E-state index in [0.29, 0.717) is 0 Å². The molecule has 0 bridgehead atoms. The van der Waals surface area contributed by atoms with Gasteiger partial charge < -0.3 is 0 Å². The van der Waals surface area contributed by atoms with Crippen LogP contribution in [0.5, 0.6) is 0 Å². The third-order valence-corrected chi connectivity index (χ3v) is 7.82. The third-order valence-electron chi connectivity index (χ3n) is 3.18. The molecule has 1 atom stereocenters. The van der Waals surface area contributed by atoms with Crippen molar-refractivity contribution in [2.24, 2.45) is 5.92 Å². The second-order valence-corrected chi connectivity index (χ2v) is 8.95. The van der Waals surface area contributed by atoms with E-state index in [9.17, 15) is 0 Å². The normalized spacial score (nSPS) is 33.3. The molecule has 2 aliphatic rings. The summed E-state index contributed by atoms with van der Waals surface area (Å²) in [5.74, 6) is 0.718. The van der Waals surface area contributed by atoms with Gasteiger partial charge in [0.2, 0.25) is 0 Å². The summed E-state index contributed by atoms with van der Waals surface area (Å²) in [6.07, 6.45) is 8.69. The quantitative estimate of drug-likeness (QED) is 0.522. The average Bonchev–Trinajstić information content (AvgIpc) is 2.31. The Kier molecular flexibility index (Phi) is 1.57. The zero-order valence-electron chi connectivity index (χ0n) is 7.43. The summed E-state index contributed by atoms with van der Waals surface area (Å²) in [6, 6.07) is 3.08. The van der Waals surface area contributed by atoms with E-state index in [2.05, 4.69) is 31.7 Å². The summed E-state index contributed by atoms with van der Waals surface area (Å²) in [5, 5.41) is 1.73. The monoisotopic (exact) mass is 164 g/mol. The van der Waals surface area contributed by atoms with Crippen LogP contribution in [-0.2, 0) is 0 Å². The Morgan fingerprint density at radius 3 is 2.55 bits per heavy atom. The molecule has 0 spiro atoms. The fraction of sp³-hybridized carbons (Fsp3) is 0.600. The second kappa shape index (κ2) is 2.34. The van der Waals surface area contributed by atoms with Crippen molar-refractivity contribution < 1.29 is 0 Å². The van der Waals surface area contributed by atoms with E-state index >= 15 is 0 Å². The van der Waals surface area contributed by atoms with Crippen molar-refractivity contribution >= 4 is 8.07 Å². The molecule has 0 amide bonds. The molecule has 11 heavy (non-hydrogen) atoms. The lowest BCUT2D eigenvalue weighted by Crippen LogP contribution is -2.39. The van der Waals surface area contributed by atoms with Crippen LogP contribution in [0.1, 0.15) is 13.3 Å². The Labute approximate surface area is 70.0 Å². The molecule has 0 aromatic heterocycles. The number of allylic oxidation sites excluding steroid dienone is 4. The van der Waals surface area contributed by atoms with Crippen LogP contribution in [-0.4, -0.2) is 8.07 Å². The number of hydrogen-bond donors (Lipinski definition) is 0. The minimum Gasteiger partial charge on any atom is -0.0786 e. The smallest absolute Gasteiger partial charge is 0.0786 e. The van der Waals surface area contributed by atoms with Gasteiger partial charge in [-0.15, -0.1) is 0 Å². The number of rotatable bonds is 1. The van der Waals surface area contributed by atoms with Crippen molar-refractivity contribution in [1.29, 1.82) is 0 Å². The summed E-state index contributed by atoms with van der Waals surface area (Å²) < 4.78 is 0. The summed E-state index contributed by atoms with van der Waals surface area (Å²) >= 11 is 0. The van der Waals surface area contributed by atoms with Crippen LogP contribution in [0.25, 0.3) is 0 Å². The lowest BCUT2D eigenvalue weighted by molar-refractivity contribution is 0.906. The maximum absolute atomic E-state index is 2.53. The molecule has 0 aromatic rings. The minimum absolute atomic E-state index is 0.718. The van der Waals surface area contributed by atoms with E-state index in [1.807, 2.05) is 0 Å². The molecule has 1 heteroatoms. The van der Waals surface area contributed by atoms with Crippen molar-refractivity contribution in [3.63, 3.8) is 0 Å². The molecule has 0 saturated carbocycles. The topological polar surface area (TPSA) is 0 Å². The lowest BCUT2D eigenvalue weighted by atomic mass is 10.2. The van der Waals surface area contributed by atoms with Gasteiger partial charge in [-0.25, -0.2) is 0 Å². The van der Waals surface area contributed by atoms with E-state index < -0.39 is 8.07 Å². The van der Waals surface area contributed by atoms with E-state index in [4.69, 9.17) is 0 Å². The fourth-order valence-electron chi connectivity index (χ4n) is 2.05. The molecule has 1 unspecified atom stereocenters. The molecule has 1 heterocycles. The Morgan fingerprint density at radius 1 is 1.45 bits per heavy atom. The molecule has 0 radical (unpaired) electrons. The van der Waals surface area contributed by atoms with Crippen LogP contribution in [0, 0.1) is 5.92 Å². The minimum atomic E-state index is -0.831. The molecule has 1 fully saturated rings. The lowest BCUT2D eigenvalue weighted by Gasteiger charge is -2.37. The van der Waals surface area contributed by atoms with Crippen LogP contribution in [0.4, 0.5) is 0 Å². The van der Waals surface area contributed by atoms with Crippen LogP contribution in [0.3, 0.4) is 0 Å². The van der Waals surface area contributed by atoms with Gasteiger partial charge in [0.25, 0.3) is 0 Å². The molecule has 2 rings (SSSR count). The summed E-state index contributed by atoms with van der Waals surface area (Å²) in [6.45, 7) is 4.81. The standard InChI is InChI=1S/C10H16Si/c1-9-4-5-10(8-9)11(2)6-3-7-11/h4-5,8-9H,3,6-7H2,1-2H3. The Hall–Kier alpha value is -0.303. The van der Waals surface area contributed by atoms with Gasteiger partial charge in [-0.3, -0.25) is 0 Å².